The van der Waals surface area contributed by atoms with Crippen LogP contribution < -0.4 is 5.56 Å². The fourth-order valence-electron chi connectivity index (χ4n) is 3.23. The summed E-state index contributed by atoms with van der Waals surface area (Å²) in [5.74, 6) is 0.777. The molecule has 1 aliphatic rings. The van der Waals surface area contributed by atoms with Crippen LogP contribution in [0.4, 0.5) is 0 Å². The van der Waals surface area contributed by atoms with Crippen molar-refractivity contribution in [3.63, 3.8) is 0 Å². The van der Waals surface area contributed by atoms with E-state index in [0.29, 0.717) is 24.0 Å². The molecule has 1 atom stereocenters. The highest BCUT2D eigenvalue weighted by Crippen LogP contribution is 2.16. The number of nitrogens with zero attached hydrogens (tertiary/aromatic N) is 3. The molecule has 2 heterocycles. The summed E-state index contributed by atoms with van der Waals surface area (Å²) in [6.45, 7) is 7.20. The van der Waals surface area contributed by atoms with Crippen molar-refractivity contribution in [3.8, 4) is 0 Å². The molecule has 5 nitrogen and oxygen atoms in total. The molecule has 3 rings (SSSR count). The smallest absolute Gasteiger partial charge is 0.261 e. The van der Waals surface area contributed by atoms with Crippen LogP contribution in [0.25, 0.3) is 10.9 Å². The van der Waals surface area contributed by atoms with E-state index in [1.54, 1.807) is 6.33 Å². The summed E-state index contributed by atoms with van der Waals surface area (Å²) in [5.41, 5.74) is 1.67. The SMILES string of the molecule is Cc1ccc2ncn(C[C@@H](O)CN3CCC(C)CC3)c(=O)c2c1. The van der Waals surface area contributed by atoms with Crippen molar-refractivity contribution in [3.05, 3.63) is 40.4 Å². The molecule has 0 aliphatic carbocycles. The number of hydrogen-bond acceptors (Lipinski definition) is 4. The van der Waals surface area contributed by atoms with Gasteiger partial charge < -0.3 is 10.0 Å². The molecule has 1 aromatic heterocycles. The monoisotopic (exact) mass is 315 g/mol. The largest absolute Gasteiger partial charge is 0.390 e. The van der Waals surface area contributed by atoms with Gasteiger partial charge >= 0.3 is 0 Å². The van der Waals surface area contributed by atoms with Crippen LogP contribution in [0.2, 0.25) is 0 Å². The van der Waals surface area contributed by atoms with E-state index in [4.69, 9.17) is 0 Å². The number of β-amino-alcohol motifs (C(OH)–C–C–N with tert-alkyl or cyclic N) is 1. The number of aliphatic hydroxyl groups is 1. The molecule has 2 aromatic rings. The summed E-state index contributed by atoms with van der Waals surface area (Å²) in [4.78, 5) is 19.2. The van der Waals surface area contributed by atoms with Crippen molar-refractivity contribution in [2.24, 2.45) is 5.92 Å². The van der Waals surface area contributed by atoms with E-state index in [1.165, 1.54) is 17.4 Å². The van der Waals surface area contributed by atoms with Crippen molar-refractivity contribution in [1.29, 1.82) is 0 Å². The lowest BCUT2D eigenvalue weighted by molar-refractivity contribution is 0.0794. The normalized spacial score (nSPS) is 18.4. The zero-order chi connectivity index (χ0) is 16.4. The van der Waals surface area contributed by atoms with Gasteiger partial charge in [0.2, 0.25) is 0 Å². The minimum Gasteiger partial charge on any atom is -0.390 e. The lowest BCUT2D eigenvalue weighted by Gasteiger charge is -2.31. The Morgan fingerprint density at radius 2 is 2.04 bits per heavy atom. The third kappa shape index (κ3) is 3.79. The van der Waals surface area contributed by atoms with E-state index in [-0.39, 0.29) is 5.56 Å². The number of fused-ring (bicyclic) bond motifs is 1. The van der Waals surface area contributed by atoms with E-state index in [0.717, 1.165) is 24.6 Å². The first-order chi connectivity index (χ1) is 11.0. The predicted molar refractivity (Wildman–Crippen MR) is 91.6 cm³/mol. The average Bonchev–Trinajstić information content (AvgIpc) is 2.53. The zero-order valence-electron chi connectivity index (χ0n) is 13.9. The van der Waals surface area contributed by atoms with Crippen LogP contribution in [0.1, 0.15) is 25.3 Å². The van der Waals surface area contributed by atoms with Crippen LogP contribution in [-0.4, -0.2) is 45.3 Å². The molecule has 0 amide bonds. The molecule has 0 radical (unpaired) electrons. The first-order valence-electron chi connectivity index (χ1n) is 8.39. The summed E-state index contributed by atoms with van der Waals surface area (Å²) < 4.78 is 1.53. The van der Waals surface area contributed by atoms with E-state index < -0.39 is 6.10 Å². The van der Waals surface area contributed by atoms with E-state index in [1.807, 2.05) is 25.1 Å². The van der Waals surface area contributed by atoms with Crippen LogP contribution in [0.15, 0.2) is 29.3 Å². The number of piperidine rings is 1. The summed E-state index contributed by atoms with van der Waals surface area (Å²) in [6, 6.07) is 5.67. The topological polar surface area (TPSA) is 58.4 Å². The Bertz CT molecular complexity index is 733. The van der Waals surface area contributed by atoms with Crippen LogP contribution in [0, 0.1) is 12.8 Å². The lowest BCUT2D eigenvalue weighted by atomic mass is 9.99. The molecule has 0 spiro atoms. The number of aryl methyl sites for hydroxylation is 1. The van der Waals surface area contributed by atoms with Crippen LogP contribution >= 0.6 is 0 Å². The van der Waals surface area contributed by atoms with Gasteiger partial charge in [-0.2, -0.15) is 0 Å². The molecule has 1 N–H and O–H groups in total. The van der Waals surface area contributed by atoms with Gasteiger partial charge in [0.25, 0.3) is 5.56 Å². The average molecular weight is 315 g/mol. The van der Waals surface area contributed by atoms with Crippen LogP contribution in [-0.2, 0) is 6.54 Å². The van der Waals surface area contributed by atoms with Crippen LogP contribution in [0.3, 0.4) is 0 Å². The Balaban J connectivity index is 1.71. The highest BCUT2D eigenvalue weighted by atomic mass is 16.3. The summed E-state index contributed by atoms with van der Waals surface area (Å²) in [7, 11) is 0. The molecule has 1 aromatic carbocycles. The zero-order valence-corrected chi connectivity index (χ0v) is 13.9. The molecule has 0 unspecified atom stereocenters. The maximum atomic E-state index is 12.5. The summed E-state index contributed by atoms with van der Waals surface area (Å²) in [5, 5.41) is 11.0. The Kier molecular flexibility index (Phi) is 4.78. The third-order valence-electron chi connectivity index (χ3n) is 4.73. The number of rotatable bonds is 4. The Morgan fingerprint density at radius 1 is 1.30 bits per heavy atom. The maximum Gasteiger partial charge on any atom is 0.261 e. The standard InChI is InChI=1S/C18H25N3O2/c1-13-5-7-20(8-6-13)10-15(22)11-21-12-19-17-4-3-14(2)9-16(17)18(21)23/h3-4,9,12-13,15,22H,5-8,10-11H2,1-2H3/t15-/m0/s1. The van der Waals surface area contributed by atoms with Gasteiger partial charge in [0.15, 0.2) is 0 Å². The van der Waals surface area contributed by atoms with E-state index >= 15 is 0 Å². The Labute approximate surface area is 136 Å². The molecular weight excluding hydrogens is 290 g/mol. The van der Waals surface area contributed by atoms with Gasteiger partial charge in [-0.25, -0.2) is 4.98 Å². The molecule has 124 valence electrons. The highest BCUT2D eigenvalue weighted by Gasteiger charge is 2.19. The Hall–Kier alpha value is -1.72. The van der Waals surface area contributed by atoms with Gasteiger partial charge in [-0.1, -0.05) is 18.6 Å². The molecule has 1 aliphatic heterocycles. The second-order valence-corrected chi connectivity index (χ2v) is 6.86. The molecule has 23 heavy (non-hydrogen) atoms. The molecule has 5 heteroatoms. The van der Waals surface area contributed by atoms with Gasteiger partial charge in [0, 0.05) is 6.54 Å². The van der Waals surface area contributed by atoms with Gasteiger partial charge in [-0.05, 0) is 50.9 Å². The third-order valence-corrected chi connectivity index (χ3v) is 4.73. The fraction of sp³-hybridized carbons (Fsp3) is 0.556. The highest BCUT2D eigenvalue weighted by molar-refractivity contribution is 5.77. The first-order valence-corrected chi connectivity index (χ1v) is 8.39. The first kappa shape index (κ1) is 16.1. The van der Waals surface area contributed by atoms with Gasteiger partial charge in [0.05, 0.1) is 29.9 Å². The van der Waals surface area contributed by atoms with Gasteiger partial charge in [-0.15, -0.1) is 0 Å². The molecule has 0 bridgehead atoms. The van der Waals surface area contributed by atoms with E-state index in [2.05, 4.69) is 16.8 Å². The van der Waals surface area contributed by atoms with Crippen molar-refractivity contribution in [2.75, 3.05) is 19.6 Å². The fourth-order valence-corrected chi connectivity index (χ4v) is 3.23. The number of benzene rings is 1. The number of likely N-dealkylation sites (tertiary alicyclic amines) is 1. The van der Waals surface area contributed by atoms with Gasteiger partial charge in [-0.3, -0.25) is 9.36 Å². The van der Waals surface area contributed by atoms with Gasteiger partial charge in [0.1, 0.15) is 0 Å². The van der Waals surface area contributed by atoms with Crippen LogP contribution in [0.5, 0.6) is 0 Å². The number of aromatic nitrogens is 2. The number of aliphatic hydroxyl groups excluding tert-OH is 1. The molecule has 1 saturated heterocycles. The van der Waals surface area contributed by atoms with Crippen molar-refractivity contribution < 1.29 is 5.11 Å². The second kappa shape index (κ2) is 6.81. The molecular formula is C18H25N3O2. The predicted octanol–water partition coefficient (Wildman–Crippen LogP) is 1.80. The quantitative estimate of drug-likeness (QED) is 0.935. The molecule has 1 fully saturated rings. The maximum absolute atomic E-state index is 12.5. The second-order valence-electron chi connectivity index (χ2n) is 6.86. The minimum atomic E-state index is -0.551. The van der Waals surface area contributed by atoms with Crippen molar-refractivity contribution in [2.45, 2.75) is 39.3 Å². The lowest BCUT2D eigenvalue weighted by Crippen LogP contribution is -2.40. The number of hydrogen-bond donors (Lipinski definition) is 1. The van der Waals surface area contributed by atoms with Crippen molar-refractivity contribution >= 4 is 10.9 Å². The summed E-state index contributed by atoms with van der Waals surface area (Å²) in [6.07, 6.45) is 3.36. The summed E-state index contributed by atoms with van der Waals surface area (Å²) >= 11 is 0. The molecule has 0 saturated carbocycles. The van der Waals surface area contributed by atoms with E-state index in [9.17, 15) is 9.90 Å². The Morgan fingerprint density at radius 3 is 2.78 bits per heavy atom. The minimum absolute atomic E-state index is 0.0787. The van der Waals surface area contributed by atoms with Crippen molar-refractivity contribution in [1.82, 2.24) is 14.5 Å².